The Bertz CT molecular complexity index is 937. The maximum Gasteiger partial charge on any atom is 0.192 e. The van der Waals surface area contributed by atoms with Crippen molar-refractivity contribution >= 4 is 62.9 Å². The molecule has 2 aromatic rings. The molecule has 6 nitrogen and oxygen atoms in total. The number of thioether (sulfide) groups is 2. The fourth-order valence-electron chi connectivity index (χ4n) is 2.92. The second-order valence-electron chi connectivity index (χ2n) is 11.8. The van der Waals surface area contributed by atoms with Gasteiger partial charge in [0, 0.05) is 23.7 Å². The van der Waals surface area contributed by atoms with E-state index >= 15 is 0 Å². The Labute approximate surface area is 214 Å². The van der Waals surface area contributed by atoms with Crippen molar-refractivity contribution in [2.75, 3.05) is 13.2 Å². The van der Waals surface area contributed by atoms with E-state index in [4.69, 9.17) is 20.5 Å². The summed E-state index contributed by atoms with van der Waals surface area (Å²) in [6.07, 6.45) is 3.34. The summed E-state index contributed by atoms with van der Waals surface area (Å²) in [5.74, 6) is 0. The highest BCUT2D eigenvalue weighted by Gasteiger charge is 2.44. The predicted octanol–water partition coefficient (Wildman–Crippen LogP) is 7.20. The summed E-state index contributed by atoms with van der Waals surface area (Å²) in [6, 6.07) is 0. The second-order valence-corrected chi connectivity index (χ2v) is 24.7. The van der Waals surface area contributed by atoms with Crippen LogP contribution < -0.4 is 0 Å². The number of halogens is 1. The lowest BCUT2D eigenvalue weighted by Crippen LogP contribution is -2.45. The van der Waals surface area contributed by atoms with Gasteiger partial charge in [-0.15, -0.1) is 23.5 Å². The van der Waals surface area contributed by atoms with Crippen LogP contribution in [-0.4, -0.2) is 59.9 Å². The number of imidazole rings is 1. The molecule has 0 spiro atoms. The molecule has 3 rings (SSSR count). The van der Waals surface area contributed by atoms with Gasteiger partial charge in [0.2, 0.25) is 0 Å². The van der Waals surface area contributed by atoms with Gasteiger partial charge < -0.3 is 8.85 Å². The van der Waals surface area contributed by atoms with Crippen LogP contribution in [0.3, 0.4) is 0 Å². The van der Waals surface area contributed by atoms with Crippen molar-refractivity contribution in [2.45, 2.75) is 93.0 Å². The molecule has 1 aliphatic rings. The lowest BCUT2D eigenvalue weighted by atomic mass is 10.2. The van der Waals surface area contributed by atoms with E-state index in [1.54, 1.807) is 0 Å². The Morgan fingerprint density at radius 2 is 1.36 bits per heavy atom. The summed E-state index contributed by atoms with van der Waals surface area (Å²) >= 11 is 10.1. The largest absolute Gasteiger partial charge is 0.416 e. The molecule has 0 bridgehead atoms. The van der Waals surface area contributed by atoms with E-state index in [1.807, 2.05) is 29.9 Å². The summed E-state index contributed by atoms with van der Waals surface area (Å²) in [6.45, 7) is 24.5. The Morgan fingerprint density at radius 3 is 1.82 bits per heavy atom. The molecule has 2 atom stereocenters. The van der Waals surface area contributed by atoms with Gasteiger partial charge in [0.05, 0.1) is 6.33 Å². The average molecular weight is 547 g/mol. The molecule has 33 heavy (non-hydrogen) atoms. The lowest BCUT2D eigenvalue weighted by Gasteiger charge is -2.38. The van der Waals surface area contributed by atoms with Gasteiger partial charge in [-0.25, -0.2) is 15.0 Å². The Kier molecular flexibility index (Phi) is 8.11. The van der Waals surface area contributed by atoms with Crippen molar-refractivity contribution in [3.63, 3.8) is 0 Å². The van der Waals surface area contributed by atoms with Crippen molar-refractivity contribution in [1.29, 1.82) is 0 Å². The van der Waals surface area contributed by atoms with E-state index < -0.39 is 16.6 Å². The highest BCUT2D eigenvalue weighted by molar-refractivity contribution is 8.20. The van der Waals surface area contributed by atoms with Gasteiger partial charge in [-0.3, -0.25) is 4.57 Å². The van der Waals surface area contributed by atoms with Crippen molar-refractivity contribution in [1.82, 2.24) is 19.5 Å². The predicted molar refractivity (Wildman–Crippen MR) is 148 cm³/mol. The molecule has 0 radical (unpaired) electrons. The SMILES string of the molecule is CC(C)(C)[Si](C)(C)OC[C@H]1SC(n2cnc3c(Cl)ncnc32)S[C@@H]1CO[Si](C)(C)C(C)(C)C. The van der Waals surface area contributed by atoms with Crippen LogP contribution in [0.1, 0.15) is 46.2 Å². The highest BCUT2D eigenvalue weighted by Crippen LogP contribution is 2.52. The molecule has 1 saturated heterocycles. The molecule has 11 heteroatoms. The third kappa shape index (κ3) is 6.00. The van der Waals surface area contributed by atoms with Crippen LogP contribution in [0, 0.1) is 0 Å². The normalized spacial score (nSPS) is 21.3. The van der Waals surface area contributed by atoms with E-state index in [-0.39, 0.29) is 14.8 Å². The molecule has 0 aromatic carbocycles. The highest BCUT2D eigenvalue weighted by atomic mass is 35.5. The number of nitrogens with zero attached hydrogens (tertiary/aromatic N) is 4. The monoisotopic (exact) mass is 546 g/mol. The number of rotatable bonds is 7. The number of fused-ring (bicyclic) bond motifs is 1. The molecule has 1 aliphatic heterocycles. The van der Waals surface area contributed by atoms with Crippen LogP contribution >= 0.6 is 35.1 Å². The Morgan fingerprint density at radius 1 is 0.879 bits per heavy atom. The summed E-state index contributed by atoms with van der Waals surface area (Å²) < 4.78 is 15.6. The first-order valence-corrected chi connectivity index (χ1v) is 19.5. The standard InChI is InChI=1S/C22H39ClN4O2S2Si2/c1-21(2,3)32(7,8)28-11-15-16(12-29-33(9,10)22(4,5)6)31-20(30-15)27-14-26-17-18(23)24-13-25-19(17)27/h13-16,20H,11-12H2,1-10H3/t15-,16-/m1/s1. The van der Waals surface area contributed by atoms with E-state index in [0.717, 1.165) is 18.9 Å². The van der Waals surface area contributed by atoms with Crippen LogP contribution in [0.25, 0.3) is 11.2 Å². The third-order valence-corrected chi connectivity index (χ3v) is 20.0. The molecule has 2 aromatic heterocycles. The first-order chi connectivity index (χ1) is 15.0. The second kappa shape index (κ2) is 9.74. The molecule has 3 heterocycles. The summed E-state index contributed by atoms with van der Waals surface area (Å²) in [4.78, 5) is 13.0. The van der Waals surface area contributed by atoms with E-state index in [9.17, 15) is 0 Å². The number of aromatic nitrogens is 4. The zero-order valence-corrected chi connectivity index (χ0v) is 26.0. The van der Waals surface area contributed by atoms with Gasteiger partial charge in [-0.2, -0.15) is 0 Å². The molecular formula is C22H39ClN4O2S2Si2. The summed E-state index contributed by atoms with van der Waals surface area (Å²) in [5.41, 5.74) is 1.42. The van der Waals surface area contributed by atoms with Crippen molar-refractivity contribution < 1.29 is 8.85 Å². The minimum atomic E-state index is -1.84. The number of hydrogen-bond donors (Lipinski definition) is 0. The zero-order chi connectivity index (χ0) is 24.8. The molecular weight excluding hydrogens is 508 g/mol. The molecule has 1 fully saturated rings. The zero-order valence-electron chi connectivity index (χ0n) is 21.6. The van der Waals surface area contributed by atoms with Crippen LogP contribution in [0.15, 0.2) is 12.7 Å². The Balaban J connectivity index is 1.82. The smallest absolute Gasteiger partial charge is 0.192 e. The summed E-state index contributed by atoms with van der Waals surface area (Å²) in [5, 5.41) is 1.42. The van der Waals surface area contributed by atoms with E-state index in [2.05, 4.69) is 87.2 Å². The van der Waals surface area contributed by atoms with Crippen LogP contribution in [0.4, 0.5) is 0 Å². The number of hydrogen-bond acceptors (Lipinski definition) is 7. The lowest BCUT2D eigenvalue weighted by molar-refractivity contribution is 0.252. The summed E-state index contributed by atoms with van der Waals surface area (Å²) in [7, 11) is -3.69. The fourth-order valence-corrected chi connectivity index (χ4v) is 8.87. The van der Waals surface area contributed by atoms with Crippen molar-refractivity contribution in [2.24, 2.45) is 0 Å². The van der Waals surface area contributed by atoms with Gasteiger partial charge in [-0.05, 0) is 36.3 Å². The molecule has 0 aliphatic carbocycles. The van der Waals surface area contributed by atoms with Gasteiger partial charge in [0.25, 0.3) is 0 Å². The quantitative estimate of drug-likeness (QED) is 0.269. The van der Waals surface area contributed by atoms with E-state index in [0.29, 0.717) is 21.2 Å². The average Bonchev–Trinajstić information content (AvgIpc) is 3.27. The van der Waals surface area contributed by atoms with Gasteiger partial charge in [0.15, 0.2) is 27.4 Å². The van der Waals surface area contributed by atoms with Gasteiger partial charge in [-0.1, -0.05) is 53.1 Å². The van der Waals surface area contributed by atoms with Gasteiger partial charge >= 0.3 is 0 Å². The van der Waals surface area contributed by atoms with Crippen molar-refractivity contribution in [3.8, 4) is 0 Å². The third-order valence-electron chi connectivity index (χ3n) is 7.37. The molecule has 0 unspecified atom stereocenters. The first kappa shape index (κ1) is 27.5. The maximum absolute atomic E-state index is 6.67. The van der Waals surface area contributed by atoms with Crippen molar-refractivity contribution in [3.05, 3.63) is 17.8 Å². The van der Waals surface area contributed by atoms with E-state index in [1.165, 1.54) is 6.33 Å². The minimum Gasteiger partial charge on any atom is -0.416 e. The minimum absolute atomic E-state index is 0.141. The van der Waals surface area contributed by atoms with Crippen LogP contribution in [0.2, 0.25) is 41.4 Å². The van der Waals surface area contributed by atoms with Crippen LogP contribution in [0.5, 0.6) is 0 Å². The Hall–Kier alpha value is -0.106. The first-order valence-electron chi connectivity index (χ1n) is 11.5. The fraction of sp³-hybridized carbons (Fsp3) is 0.773. The molecule has 0 saturated carbocycles. The topological polar surface area (TPSA) is 62.1 Å². The molecule has 186 valence electrons. The van der Waals surface area contributed by atoms with Crippen LogP contribution in [-0.2, 0) is 8.85 Å². The van der Waals surface area contributed by atoms with Gasteiger partial charge in [0.1, 0.15) is 16.5 Å². The maximum atomic E-state index is 6.67. The molecule has 0 N–H and O–H groups in total. The molecule has 0 amide bonds.